The Morgan fingerprint density at radius 2 is 1.54 bits per heavy atom. The van der Waals surface area contributed by atoms with Gasteiger partial charge in [0.25, 0.3) is 11.8 Å². The van der Waals surface area contributed by atoms with Gasteiger partial charge >= 0.3 is 0 Å². The summed E-state index contributed by atoms with van der Waals surface area (Å²) in [5.41, 5.74) is 2.31. The molecule has 1 aromatic heterocycles. The van der Waals surface area contributed by atoms with Crippen LogP contribution in [0.1, 0.15) is 77.8 Å². The van der Waals surface area contributed by atoms with Gasteiger partial charge in [0.15, 0.2) is 0 Å². The SMILES string of the molecule is CCN1CCN(C(C(=O)NC23CC4CC(CC(C4)C2)C3)c2c[nH]c3ccccc23)C(=O)c2ccccc2C1=O. The number of carbonyl (C=O) groups is 3. The van der Waals surface area contributed by atoms with Crippen molar-refractivity contribution in [3.63, 3.8) is 0 Å². The van der Waals surface area contributed by atoms with Gasteiger partial charge in [0, 0.05) is 47.8 Å². The Morgan fingerprint density at radius 3 is 2.21 bits per heavy atom. The number of para-hydroxylation sites is 1. The van der Waals surface area contributed by atoms with Crippen LogP contribution in [0.3, 0.4) is 0 Å². The van der Waals surface area contributed by atoms with Crippen LogP contribution in [-0.2, 0) is 4.79 Å². The van der Waals surface area contributed by atoms with Gasteiger partial charge in [-0.25, -0.2) is 0 Å². The number of hydrogen-bond acceptors (Lipinski definition) is 3. The first-order valence-corrected chi connectivity index (χ1v) is 14.5. The molecule has 8 rings (SSSR count). The third-order valence-corrected chi connectivity index (χ3v) is 9.83. The zero-order valence-electron chi connectivity index (χ0n) is 22.5. The van der Waals surface area contributed by atoms with Crippen LogP contribution < -0.4 is 5.32 Å². The number of likely N-dealkylation sites (N-methyl/N-ethyl adjacent to an activating group) is 1. The molecule has 4 bridgehead atoms. The molecule has 39 heavy (non-hydrogen) atoms. The highest BCUT2D eigenvalue weighted by molar-refractivity contribution is 6.09. The Hall–Kier alpha value is -3.61. The highest BCUT2D eigenvalue weighted by Gasteiger charge is 2.52. The molecule has 4 aliphatic carbocycles. The lowest BCUT2D eigenvalue weighted by Gasteiger charge is -2.57. The van der Waals surface area contributed by atoms with Crippen LogP contribution in [0, 0.1) is 17.8 Å². The van der Waals surface area contributed by atoms with Gasteiger partial charge in [-0.1, -0.05) is 30.3 Å². The summed E-state index contributed by atoms with van der Waals surface area (Å²) >= 11 is 0. The Bertz CT molecular complexity index is 1420. The summed E-state index contributed by atoms with van der Waals surface area (Å²) in [6.45, 7) is 3.14. The summed E-state index contributed by atoms with van der Waals surface area (Å²) in [7, 11) is 0. The van der Waals surface area contributed by atoms with E-state index in [4.69, 9.17) is 0 Å². The lowest BCUT2D eigenvalue weighted by Crippen LogP contribution is -2.61. The van der Waals surface area contributed by atoms with Crippen molar-refractivity contribution in [3.8, 4) is 0 Å². The number of amides is 3. The smallest absolute Gasteiger partial charge is 0.255 e. The molecule has 2 aromatic carbocycles. The molecule has 1 unspecified atom stereocenters. The molecule has 2 N–H and O–H groups in total. The molecule has 4 saturated carbocycles. The van der Waals surface area contributed by atoms with E-state index >= 15 is 0 Å². The summed E-state index contributed by atoms with van der Waals surface area (Å²) in [5, 5.41) is 4.50. The number of nitrogens with one attached hydrogen (secondary N) is 2. The Morgan fingerprint density at radius 1 is 0.923 bits per heavy atom. The summed E-state index contributed by atoms with van der Waals surface area (Å²) < 4.78 is 0. The van der Waals surface area contributed by atoms with E-state index in [1.54, 1.807) is 34.1 Å². The molecule has 7 heteroatoms. The predicted octanol–water partition coefficient (Wildman–Crippen LogP) is 4.91. The number of H-pyrrole nitrogens is 1. The van der Waals surface area contributed by atoms with Gasteiger partial charge in [-0.2, -0.15) is 0 Å². The van der Waals surface area contributed by atoms with Gasteiger partial charge < -0.3 is 20.1 Å². The largest absolute Gasteiger partial charge is 0.361 e. The van der Waals surface area contributed by atoms with Gasteiger partial charge in [-0.15, -0.1) is 0 Å². The standard InChI is InChI=1S/C32H36N4O3/c1-2-35-11-12-36(31(39)25-9-4-3-8-24(25)30(35)38)28(26-19-33-27-10-6-5-7-23(26)27)29(37)34-32-16-20-13-21(17-32)15-22(14-20)18-32/h3-10,19-22,28,33H,2,11-18H2,1H3,(H,34,37). The van der Waals surface area contributed by atoms with E-state index in [1.165, 1.54) is 19.3 Å². The molecule has 0 saturated heterocycles. The molecule has 7 nitrogen and oxygen atoms in total. The minimum Gasteiger partial charge on any atom is -0.361 e. The van der Waals surface area contributed by atoms with Crippen molar-refractivity contribution in [1.29, 1.82) is 0 Å². The van der Waals surface area contributed by atoms with Crippen LogP contribution in [0.4, 0.5) is 0 Å². The van der Waals surface area contributed by atoms with E-state index in [1.807, 2.05) is 37.4 Å². The van der Waals surface area contributed by atoms with Crippen LogP contribution in [0.5, 0.6) is 0 Å². The summed E-state index contributed by atoms with van der Waals surface area (Å²) in [5.74, 6) is 1.57. The van der Waals surface area contributed by atoms with E-state index < -0.39 is 6.04 Å². The zero-order chi connectivity index (χ0) is 26.7. The van der Waals surface area contributed by atoms with E-state index in [9.17, 15) is 14.4 Å². The lowest BCUT2D eigenvalue weighted by molar-refractivity contribution is -0.131. The van der Waals surface area contributed by atoms with Gasteiger partial charge in [0.2, 0.25) is 5.91 Å². The molecule has 5 aliphatic rings. The first-order chi connectivity index (χ1) is 18.9. The highest BCUT2D eigenvalue weighted by Crippen LogP contribution is 2.55. The molecular formula is C32H36N4O3. The monoisotopic (exact) mass is 524 g/mol. The second-order valence-corrected chi connectivity index (χ2v) is 12.3. The maximum Gasteiger partial charge on any atom is 0.255 e. The third-order valence-electron chi connectivity index (χ3n) is 9.83. The van der Waals surface area contributed by atoms with Crippen LogP contribution in [-0.4, -0.2) is 57.7 Å². The lowest BCUT2D eigenvalue weighted by atomic mass is 9.53. The fourth-order valence-electron chi connectivity index (χ4n) is 8.53. The first kappa shape index (κ1) is 24.4. The third kappa shape index (κ3) is 4.05. The van der Waals surface area contributed by atoms with Crippen molar-refractivity contribution in [2.45, 2.75) is 57.0 Å². The van der Waals surface area contributed by atoms with Crippen LogP contribution in [0.25, 0.3) is 10.9 Å². The number of hydrogen-bond donors (Lipinski definition) is 2. The second kappa shape index (κ2) is 9.25. The van der Waals surface area contributed by atoms with Crippen LogP contribution >= 0.6 is 0 Å². The van der Waals surface area contributed by atoms with E-state index in [-0.39, 0.29) is 29.8 Å². The second-order valence-electron chi connectivity index (χ2n) is 12.3. The van der Waals surface area contributed by atoms with Gasteiger partial charge in [0.05, 0.1) is 11.1 Å². The zero-order valence-corrected chi connectivity index (χ0v) is 22.5. The normalized spacial score (nSPS) is 28.8. The summed E-state index contributed by atoms with van der Waals surface area (Å²) in [6, 6.07) is 14.2. The fraction of sp³-hybridized carbons (Fsp3) is 0.469. The average molecular weight is 525 g/mol. The number of nitrogens with zero attached hydrogens (tertiary/aromatic N) is 2. The van der Waals surface area contributed by atoms with Gasteiger partial charge in [-0.05, 0) is 81.4 Å². The van der Waals surface area contributed by atoms with Crippen molar-refractivity contribution in [2.24, 2.45) is 17.8 Å². The molecule has 0 spiro atoms. The highest BCUT2D eigenvalue weighted by atomic mass is 16.2. The number of carbonyl (C=O) groups excluding carboxylic acids is 3. The Balaban J connectivity index is 1.31. The number of rotatable bonds is 5. The van der Waals surface area contributed by atoms with Crippen LogP contribution in [0.2, 0.25) is 0 Å². The maximum atomic E-state index is 14.5. The maximum absolute atomic E-state index is 14.5. The van der Waals surface area contributed by atoms with Crippen LogP contribution in [0.15, 0.2) is 54.7 Å². The number of benzene rings is 2. The molecule has 2 heterocycles. The Kier molecular flexibility index (Phi) is 5.79. The summed E-state index contributed by atoms with van der Waals surface area (Å²) in [4.78, 5) is 48.8. The van der Waals surface area contributed by atoms with Crippen molar-refractivity contribution >= 4 is 28.6 Å². The quantitative estimate of drug-likeness (QED) is 0.497. The van der Waals surface area contributed by atoms with Gasteiger partial charge in [-0.3, -0.25) is 14.4 Å². The average Bonchev–Trinajstić information content (AvgIpc) is 3.34. The fourth-order valence-corrected chi connectivity index (χ4v) is 8.53. The first-order valence-electron chi connectivity index (χ1n) is 14.5. The summed E-state index contributed by atoms with van der Waals surface area (Å²) in [6.07, 6.45) is 8.89. The van der Waals surface area contributed by atoms with Crippen molar-refractivity contribution in [2.75, 3.05) is 19.6 Å². The Labute approximate surface area is 228 Å². The van der Waals surface area contributed by atoms with Crippen molar-refractivity contribution < 1.29 is 14.4 Å². The van der Waals surface area contributed by atoms with E-state index in [2.05, 4.69) is 10.3 Å². The molecular weight excluding hydrogens is 488 g/mol. The molecule has 1 atom stereocenters. The molecule has 202 valence electrons. The predicted molar refractivity (Wildman–Crippen MR) is 149 cm³/mol. The van der Waals surface area contributed by atoms with E-state index in [0.29, 0.717) is 42.0 Å². The minimum atomic E-state index is -0.804. The molecule has 1 aliphatic heterocycles. The number of aromatic nitrogens is 1. The molecule has 0 radical (unpaired) electrons. The minimum absolute atomic E-state index is 0.109. The van der Waals surface area contributed by atoms with Crippen molar-refractivity contribution in [1.82, 2.24) is 20.1 Å². The molecule has 3 aromatic rings. The van der Waals surface area contributed by atoms with Crippen molar-refractivity contribution in [3.05, 3.63) is 71.4 Å². The number of aromatic amines is 1. The van der Waals surface area contributed by atoms with Gasteiger partial charge in [0.1, 0.15) is 6.04 Å². The number of fused-ring (bicyclic) bond motifs is 2. The topological polar surface area (TPSA) is 85.5 Å². The molecule has 3 amide bonds. The van der Waals surface area contributed by atoms with E-state index in [0.717, 1.165) is 35.7 Å². The molecule has 4 fully saturated rings.